The summed E-state index contributed by atoms with van der Waals surface area (Å²) in [7, 11) is 1.66. The first-order valence-electron chi connectivity index (χ1n) is 6.03. The third kappa shape index (κ3) is 2.45. The second-order valence-corrected chi connectivity index (χ2v) is 6.54. The SMILES string of the molecule is COc1ccc(C)cc1C(O)C1(C)CCCS1. The summed E-state index contributed by atoms with van der Waals surface area (Å²) < 4.78 is 5.29. The quantitative estimate of drug-likeness (QED) is 0.895. The van der Waals surface area contributed by atoms with Crippen LogP contribution in [0.2, 0.25) is 0 Å². The molecule has 0 aromatic heterocycles. The third-order valence-corrected chi connectivity index (χ3v) is 5.09. The maximum atomic E-state index is 10.6. The van der Waals surface area contributed by atoms with Crippen molar-refractivity contribution in [1.82, 2.24) is 0 Å². The van der Waals surface area contributed by atoms with Crippen LogP contribution in [0.4, 0.5) is 0 Å². The molecule has 0 spiro atoms. The second kappa shape index (κ2) is 4.91. The molecule has 0 saturated carbocycles. The minimum Gasteiger partial charge on any atom is -0.496 e. The zero-order valence-electron chi connectivity index (χ0n) is 10.7. The second-order valence-electron chi connectivity index (χ2n) is 4.91. The van der Waals surface area contributed by atoms with Gasteiger partial charge >= 0.3 is 0 Å². The van der Waals surface area contributed by atoms with Gasteiger partial charge in [0.2, 0.25) is 0 Å². The molecule has 1 aromatic carbocycles. The minimum absolute atomic E-state index is 0.0684. The Kier molecular flexibility index (Phi) is 3.69. The number of thioether (sulfide) groups is 1. The van der Waals surface area contributed by atoms with Gasteiger partial charge in [-0.25, -0.2) is 0 Å². The summed E-state index contributed by atoms with van der Waals surface area (Å²) in [5.41, 5.74) is 2.08. The molecule has 0 radical (unpaired) electrons. The maximum Gasteiger partial charge on any atom is 0.124 e. The largest absolute Gasteiger partial charge is 0.496 e. The van der Waals surface area contributed by atoms with Gasteiger partial charge in [0.05, 0.1) is 13.2 Å². The number of aliphatic hydroxyl groups excluding tert-OH is 1. The Labute approximate surface area is 107 Å². The highest BCUT2D eigenvalue weighted by molar-refractivity contribution is 8.00. The highest BCUT2D eigenvalue weighted by Crippen LogP contribution is 2.48. The molecule has 3 heteroatoms. The topological polar surface area (TPSA) is 29.5 Å². The predicted octanol–water partition coefficient (Wildman–Crippen LogP) is 3.32. The van der Waals surface area contributed by atoms with Crippen LogP contribution in [0.5, 0.6) is 5.75 Å². The molecule has 17 heavy (non-hydrogen) atoms. The zero-order chi connectivity index (χ0) is 12.5. The Morgan fingerprint density at radius 2 is 2.24 bits per heavy atom. The van der Waals surface area contributed by atoms with Crippen LogP contribution in [0.3, 0.4) is 0 Å². The Bertz CT molecular complexity index is 397. The van der Waals surface area contributed by atoms with E-state index in [0.29, 0.717) is 0 Å². The lowest BCUT2D eigenvalue weighted by Gasteiger charge is -2.30. The number of hydrogen-bond acceptors (Lipinski definition) is 3. The molecule has 1 aliphatic rings. The van der Waals surface area contributed by atoms with Crippen molar-refractivity contribution in [2.24, 2.45) is 0 Å². The van der Waals surface area contributed by atoms with Crippen molar-refractivity contribution >= 4 is 11.8 Å². The number of methoxy groups -OCH3 is 1. The van der Waals surface area contributed by atoms with Gasteiger partial charge in [0.25, 0.3) is 0 Å². The van der Waals surface area contributed by atoms with E-state index in [-0.39, 0.29) is 4.75 Å². The summed E-state index contributed by atoms with van der Waals surface area (Å²) in [6.45, 7) is 4.19. The molecule has 0 amide bonds. The van der Waals surface area contributed by atoms with Crippen LogP contribution in [0.15, 0.2) is 18.2 Å². The normalized spacial score (nSPS) is 25.9. The van der Waals surface area contributed by atoms with Crippen LogP contribution in [0.1, 0.15) is 37.0 Å². The summed E-state index contributed by atoms with van der Waals surface area (Å²) >= 11 is 1.87. The van der Waals surface area contributed by atoms with Crippen molar-refractivity contribution in [1.29, 1.82) is 0 Å². The van der Waals surface area contributed by atoms with Gasteiger partial charge in [0.15, 0.2) is 0 Å². The first-order valence-corrected chi connectivity index (χ1v) is 7.02. The van der Waals surface area contributed by atoms with Crippen molar-refractivity contribution in [3.05, 3.63) is 29.3 Å². The summed E-state index contributed by atoms with van der Waals surface area (Å²) in [6.07, 6.45) is 1.80. The lowest BCUT2D eigenvalue weighted by Crippen LogP contribution is -2.26. The molecule has 2 nitrogen and oxygen atoms in total. The van der Waals surface area contributed by atoms with Gasteiger partial charge in [0.1, 0.15) is 5.75 Å². The Hall–Kier alpha value is -0.670. The van der Waals surface area contributed by atoms with Crippen LogP contribution < -0.4 is 4.74 Å². The van der Waals surface area contributed by atoms with Gasteiger partial charge in [-0.1, -0.05) is 11.6 Å². The lowest BCUT2D eigenvalue weighted by molar-refractivity contribution is 0.131. The molecular weight excluding hydrogens is 232 g/mol. The van der Waals surface area contributed by atoms with E-state index in [2.05, 4.69) is 6.92 Å². The van der Waals surface area contributed by atoms with Crippen LogP contribution in [0, 0.1) is 6.92 Å². The Balaban J connectivity index is 2.35. The molecule has 1 aliphatic heterocycles. The van der Waals surface area contributed by atoms with E-state index < -0.39 is 6.10 Å². The summed E-state index contributed by atoms with van der Waals surface area (Å²) in [6, 6.07) is 5.99. The fraction of sp³-hybridized carbons (Fsp3) is 0.571. The standard InChI is InChI=1S/C14H20O2S/c1-10-5-6-12(16-3)11(9-10)13(15)14(2)7-4-8-17-14/h5-6,9,13,15H,4,7-8H2,1-3H3. The number of rotatable bonds is 3. The van der Waals surface area contributed by atoms with Crippen LogP contribution in [-0.4, -0.2) is 22.7 Å². The van der Waals surface area contributed by atoms with Gasteiger partial charge in [-0.2, -0.15) is 11.8 Å². The molecule has 1 fully saturated rings. The highest BCUT2D eigenvalue weighted by atomic mass is 32.2. The summed E-state index contributed by atoms with van der Waals surface area (Å²) in [5.74, 6) is 1.93. The van der Waals surface area contributed by atoms with E-state index in [0.717, 1.165) is 29.1 Å². The van der Waals surface area contributed by atoms with E-state index >= 15 is 0 Å². The lowest BCUT2D eigenvalue weighted by atomic mass is 9.91. The molecule has 1 heterocycles. The van der Waals surface area contributed by atoms with Crippen molar-refractivity contribution in [2.75, 3.05) is 12.9 Å². The number of ether oxygens (including phenoxy) is 1. The molecule has 2 rings (SSSR count). The first kappa shape index (κ1) is 12.8. The van der Waals surface area contributed by atoms with Crippen molar-refractivity contribution in [3.63, 3.8) is 0 Å². The van der Waals surface area contributed by atoms with Crippen LogP contribution in [0.25, 0.3) is 0 Å². The van der Waals surface area contributed by atoms with Gasteiger partial charge in [-0.05, 0) is 44.6 Å². The zero-order valence-corrected chi connectivity index (χ0v) is 11.5. The number of aliphatic hydroxyl groups is 1. The monoisotopic (exact) mass is 252 g/mol. The smallest absolute Gasteiger partial charge is 0.124 e. The minimum atomic E-state index is -0.454. The predicted molar refractivity (Wildman–Crippen MR) is 72.8 cm³/mol. The number of aryl methyl sites for hydroxylation is 1. The van der Waals surface area contributed by atoms with Gasteiger partial charge < -0.3 is 9.84 Å². The van der Waals surface area contributed by atoms with Crippen molar-refractivity contribution in [2.45, 2.75) is 37.5 Å². The van der Waals surface area contributed by atoms with Gasteiger partial charge in [-0.15, -0.1) is 0 Å². The van der Waals surface area contributed by atoms with E-state index in [1.165, 1.54) is 6.42 Å². The molecular formula is C14H20O2S. The van der Waals surface area contributed by atoms with E-state index in [4.69, 9.17) is 4.74 Å². The van der Waals surface area contributed by atoms with Crippen molar-refractivity contribution < 1.29 is 9.84 Å². The maximum absolute atomic E-state index is 10.6. The Morgan fingerprint density at radius 3 is 2.82 bits per heavy atom. The molecule has 2 atom stereocenters. The molecule has 1 aromatic rings. The van der Waals surface area contributed by atoms with Crippen molar-refractivity contribution in [3.8, 4) is 5.75 Å². The van der Waals surface area contributed by atoms with E-state index in [1.54, 1.807) is 7.11 Å². The fourth-order valence-electron chi connectivity index (χ4n) is 2.41. The summed E-state index contributed by atoms with van der Waals surface area (Å²) in [4.78, 5) is 0. The molecule has 0 bridgehead atoms. The molecule has 2 unspecified atom stereocenters. The molecule has 94 valence electrons. The number of benzene rings is 1. The molecule has 1 N–H and O–H groups in total. The van der Waals surface area contributed by atoms with Gasteiger partial charge in [0, 0.05) is 10.3 Å². The average molecular weight is 252 g/mol. The molecule has 1 saturated heterocycles. The fourth-order valence-corrected chi connectivity index (χ4v) is 3.74. The van der Waals surface area contributed by atoms with E-state index in [1.807, 2.05) is 36.9 Å². The van der Waals surface area contributed by atoms with Crippen LogP contribution >= 0.6 is 11.8 Å². The summed E-state index contributed by atoms with van der Waals surface area (Å²) in [5, 5.41) is 10.6. The number of hydrogen-bond donors (Lipinski definition) is 1. The van der Waals surface area contributed by atoms with Crippen LogP contribution in [-0.2, 0) is 0 Å². The molecule has 0 aliphatic carbocycles. The Morgan fingerprint density at radius 1 is 1.47 bits per heavy atom. The average Bonchev–Trinajstić information content (AvgIpc) is 2.76. The van der Waals surface area contributed by atoms with Gasteiger partial charge in [-0.3, -0.25) is 0 Å². The van der Waals surface area contributed by atoms with E-state index in [9.17, 15) is 5.11 Å². The highest BCUT2D eigenvalue weighted by Gasteiger charge is 2.38. The first-order chi connectivity index (χ1) is 8.07. The third-order valence-electron chi connectivity index (χ3n) is 3.51.